The molecule has 6 heteroatoms. The average molecular weight is 626 g/mol. The van der Waals surface area contributed by atoms with Gasteiger partial charge in [-0.25, -0.2) is 4.98 Å². The number of pyridine rings is 2. The monoisotopic (exact) mass is 626 g/mol. The molecule has 0 unspecified atom stereocenters. The van der Waals surface area contributed by atoms with Crippen LogP contribution >= 0.6 is 0 Å². The Kier molecular flexibility index (Phi) is 10.9. The molecule has 2 aromatic heterocycles. The number of ether oxygens (including phenoxy) is 1. The van der Waals surface area contributed by atoms with Crippen LogP contribution in [-0.2, 0) is 24.9 Å². The number of hydrogen-bond acceptors (Lipinski definition) is 5. The Labute approximate surface area is 210 Å². The smallest absolute Gasteiger partial charge is 0.216 e. The van der Waals surface area contributed by atoms with Crippen LogP contribution in [0, 0.1) is 16.9 Å². The molecule has 1 N–H and O–H groups in total. The molecule has 1 aromatic carbocycles. The van der Waals surface area contributed by atoms with Crippen molar-refractivity contribution in [1.82, 2.24) is 9.97 Å². The minimum Gasteiger partial charge on any atom is -0.512 e. The quantitative estimate of drug-likeness (QED) is 0.173. The summed E-state index contributed by atoms with van der Waals surface area (Å²) in [6, 6.07) is 14.6. The van der Waals surface area contributed by atoms with Crippen LogP contribution in [0.5, 0.6) is 11.6 Å². The Morgan fingerprint density at radius 3 is 2.27 bits per heavy atom. The number of hydrogen-bond donors (Lipinski definition) is 1. The molecular formula is C27H33IrN2O3-. The first-order chi connectivity index (χ1) is 15.1. The first kappa shape index (κ1) is 28.5. The number of aromatic nitrogens is 2. The number of benzene rings is 1. The van der Waals surface area contributed by atoms with Crippen LogP contribution in [0.25, 0.3) is 10.8 Å². The molecule has 5 nitrogen and oxygen atoms in total. The Morgan fingerprint density at radius 2 is 1.70 bits per heavy atom. The van der Waals surface area contributed by atoms with Gasteiger partial charge in [-0.3, -0.25) is 4.79 Å². The maximum Gasteiger partial charge on any atom is 0.216 e. The summed E-state index contributed by atoms with van der Waals surface area (Å²) in [7, 11) is 0. The Bertz CT molecular complexity index is 1060. The van der Waals surface area contributed by atoms with Gasteiger partial charge in [-0.05, 0) is 24.0 Å². The van der Waals surface area contributed by atoms with Gasteiger partial charge < -0.3 is 14.8 Å². The SMILES string of the molecule is CCC(C)(C)C(=O)/C=C(\O)C(C)(C)CC.[Ir].[c-]1cnccc1Oc1cc2ccccc2cn1. The van der Waals surface area contributed by atoms with E-state index in [0.29, 0.717) is 11.6 Å². The number of nitrogens with zero attached hydrogens (tertiary/aromatic N) is 2. The predicted octanol–water partition coefficient (Wildman–Crippen LogP) is 7.09. The Hall–Kier alpha value is -2.56. The molecular weight excluding hydrogens is 593 g/mol. The van der Waals surface area contributed by atoms with Crippen molar-refractivity contribution in [2.24, 2.45) is 10.8 Å². The summed E-state index contributed by atoms with van der Waals surface area (Å²) in [6.07, 6.45) is 8.01. The summed E-state index contributed by atoms with van der Waals surface area (Å²) in [6.45, 7) is 11.7. The van der Waals surface area contributed by atoms with Gasteiger partial charge in [-0.1, -0.05) is 78.2 Å². The normalized spacial score (nSPS) is 11.8. The third-order valence-electron chi connectivity index (χ3n) is 5.81. The van der Waals surface area contributed by atoms with Gasteiger partial charge in [0.15, 0.2) is 5.78 Å². The van der Waals surface area contributed by atoms with Crippen LogP contribution in [0.15, 0.2) is 66.8 Å². The van der Waals surface area contributed by atoms with E-state index in [9.17, 15) is 9.90 Å². The largest absolute Gasteiger partial charge is 0.512 e. The van der Waals surface area contributed by atoms with E-state index in [1.165, 1.54) is 6.08 Å². The molecule has 0 fully saturated rings. The van der Waals surface area contributed by atoms with Crippen LogP contribution < -0.4 is 4.74 Å². The zero-order valence-electron chi connectivity index (χ0n) is 20.2. The molecule has 0 spiro atoms. The minimum atomic E-state index is -0.377. The maximum atomic E-state index is 11.8. The van der Waals surface area contributed by atoms with E-state index in [1.54, 1.807) is 24.7 Å². The summed E-state index contributed by atoms with van der Waals surface area (Å²) >= 11 is 0. The number of aliphatic hydroxyl groups is 1. The molecule has 1 radical (unpaired) electrons. The molecule has 3 rings (SSSR count). The summed E-state index contributed by atoms with van der Waals surface area (Å²) < 4.78 is 5.58. The molecule has 33 heavy (non-hydrogen) atoms. The second-order valence-corrected chi connectivity index (χ2v) is 8.94. The summed E-state index contributed by atoms with van der Waals surface area (Å²) in [4.78, 5) is 20.0. The first-order valence-electron chi connectivity index (χ1n) is 10.9. The van der Waals surface area contributed by atoms with Gasteiger partial charge in [0.05, 0.1) is 0 Å². The molecule has 3 aromatic rings. The zero-order valence-corrected chi connectivity index (χ0v) is 22.6. The molecule has 0 bridgehead atoms. The average Bonchev–Trinajstić information content (AvgIpc) is 2.80. The molecule has 0 aliphatic carbocycles. The van der Waals surface area contributed by atoms with Gasteiger partial charge in [0.25, 0.3) is 0 Å². The minimum absolute atomic E-state index is 0. The van der Waals surface area contributed by atoms with Gasteiger partial charge in [0.1, 0.15) is 5.76 Å². The van der Waals surface area contributed by atoms with E-state index < -0.39 is 0 Å². The fourth-order valence-electron chi connectivity index (χ4n) is 2.47. The first-order valence-corrected chi connectivity index (χ1v) is 10.9. The number of fused-ring (bicyclic) bond motifs is 1. The standard InChI is InChI=1S/C14H9N2O.C13H24O2.Ir/c1-2-4-12-10-16-14(9-11(12)3-1)17-13-5-7-15-8-6-13;1-7-12(3,4)10(14)9-11(15)13(5,6)8-2;/h1-5,7-10H;9,14H,7-8H2,1-6H3;/q-1;;/b;10-9-;. The van der Waals surface area contributed by atoms with Gasteiger partial charge >= 0.3 is 0 Å². The van der Waals surface area contributed by atoms with Crippen LogP contribution in [0.2, 0.25) is 0 Å². The van der Waals surface area contributed by atoms with Crippen LogP contribution in [0.3, 0.4) is 0 Å². The van der Waals surface area contributed by atoms with Crippen molar-refractivity contribution >= 4 is 16.6 Å². The number of allylic oxidation sites excluding steroid dienone is 2. The van der Waals surface area contributed by atoms with Crippen molar-refractivity contribution in [1.29, 1.82) is 0 Å². The molecule has 179 valence electrons. The van der Waals surface area contributed by atoms with Crippen molar-refractivity contribution in [3.05, 3.63) is 72.9 Å². The van der Waals surface area contributed by atoms with Gasteiger partial charge in [0, 0.05) is 54.7 Å². The second-order valence-electron chi connectivity index (χ2n) is 8.94. The van der Waals surface area contributed by atoms with Crippen LogP contribution in [0.1, 0.15) is 54.4 Å². The van der Waals surface area contributed by atoms with Crippen LogP contribution in [0.4, 0.5) is 0 Å². The third-order valence-corrected chi connectivity index (χ3v) is 5.81. The molecule has 2 heterocycles. The fourth-order valence-corrected chi connectivity index (χ4v) is 2.47. The number of aliphatic hydroxyl groups excluding tert-OH is 1. The van der Waals surface area contributed by atoms with Gasteiger partial charge in [-0.2, -0.15) is 12.1 Å². The van der Waals surface area contributed by atoms with Gasteiger partial charge in [0.2, 0.25) is 5.88 Å². The number of rotatable bonds is 7. The molecule has 0 saturated carbocycles. The Morgan fingerprint density at radius 1 is 1.06 bits per heavy atom. The van der Waals surface area contributed by atoms with Crippen molar-refractivity contribution in [3.63, 3.8) is 0 Å². The Balaban J connectivity index is 0.000000324. The molecule has 0 aliphatic rings. The molecule has 0 atom stereocenters. The van der Waals surface area contributed by atoms with E-state index >= 15 is 0 Å². The predicted molar refractivity (Wildman–Crippen MR) is 129 cm³/mol. The number of carbonyl (C=O) groups is 1. The molecule has 0 amide bonds. The van der Waals surface area contributed by atoms with E-state index in [4.69, 9.17) is 4.74 Å². The van der Waals surface area contributed by atoms with Crippen molar-refractivity contribution in [3.8, 4) is 11.6 Å². The van der Waals surface area contributed by atoms with Crippen LogP contribution in [-0.4, -0.2) is 20.9 Å². The molecule has 0 aliphatic heterocycles. The van der Waals surface area contributed by atoms with E-state index in [0.717, 1.165) is 23.6 Å². The summed E-state index contributed by atoms with van der Waals surface area (Å²) in [5, 5.41) is 12.0. The third kappa shape index (κ3) is 8.38. The van der Waals surface area contributed by atoms with Crippen molar-refractivity contribution in [2.45, 2.75) is 54.4 Å². The van der Waals surface area contributed by atoms with E-state index in [-0.39, 0.29) is 42.5 Å². The fraction of sp³-hybridized carbons (Fsp3) is 0.370. The number of ketones is 1. The van der Waals surface area contributed by atoms with Gasteiger partial charge in [-0.15, -0.1) is 0 Å². The summed E-state index contributed by atoms with van der Waals surface area (Å²) in [5.74, 6) is 1.37. The zero-order chi connectivity index (χ0) is 23.8. The maximum absolute atomic E-state index is 11.8. The van der Waals surface area contributed by atoms with Crippen molar-refractivity contribution in [2.75, 3.05) is 0 Å². The number of carbonyl (C=O) groups excluding carboxylic acids is 1. The van der Waals surface area contributed by atoms with E-state index in [2.05, 4.69) is 16.0 Å². The second kappa shape index (κ2) is 12.6. The topological polar surface area (TPSA) is 72.3 Å². The van der Waals surface area contributed by atoms with E-state index in [1.807, 2.05) is 71.9 Å². The van der Waals surface area contributed by atoms with Crippen molar-refractivity contribution < 1.29 is 34.7 Å². The molecule has 0 saturated heterocycles. The summed E-state index contributed by atoms with van der Waals surface area (Å²) in [5.41, 5.74) is -0.683.